The molecule has 7 heteroatoms. The zero-order valence-corrected chi connectivity index (χ0v) is 11.5. The van der Waals surface area contributed by atoms with Crippen LogP contribution in [0.15, 0.2) is 14.1 Å². The van der Waals surface area contributed by atoms with Gasteiger partial charge in [0.1, 0.15) is 0 Å². The molecule has 0 saturated heterocycles. The minimum Gasteiger partial charge on any atom is -0.246 e. The quantitative estimate of drug-likeness (QED) is 0.800. The van der Waals surface area contributed by atoms with Crippen LogP contribution >= 0.6 is 46.2 Å². The van der Waals surface area contributed by atoms with Crippen molar-refractivity contribution in [3.05, 3.63) is 16.1 Å². The van der Waals surface area contributed by atoms with Crippen molar-refractivity contribution in [1.29, 1.82) is 0 Å². The van der Waals surface area contributed by atoms with E-state index in [9.17, 15) is 0 Å². The number of rotatable bonds is 4. The fourth-order valence-corrected chi connectivity index (χ4v) is 4.00. The molecule has 0 saturated carbocycles. The molecule has 2 aromatic rings. The third-order valence-corrected chi connectivity index (χ3v) is 5.46. The van der Waals surface area contributed by atoms with Gasteiger partial charge in [-0.2, -0.15) is 0 Å². The lowest BCUT2D eigenvalue weighted by Crippen LogP contribution is -1.80. The van der Waals surface area contributed by atoms with Crippen molar-refractivity contribution in [2.75, 3.05) is 6.26 Å². The molecule has 80 valence electrons. The van der Waals surface area contributed by atoms with Crippen molar-refractivity contribution in [2.24, 2.45) is 0 Å². The summed E-state index contributed by atoms with van der Waals surface area (Å²) in [6.45, 7) is 2.02. The lowest BCUT2D eigenvalue weighted by molar-refractivity contribution is 0.955. The largest absolute Gasteiger partial charge is 0.246 e. The maximum Gasteiger partial charge on any atom is 0.175 e. The summed E-state index contributed by atoms with van der Waals surface area (Å²) in [6, 6.07) is 0. The van der Waals surface area contributed by atoms with E-state index in [-0.39, 0.29) is 0 Å². The van der Waals surface area contributed by atoms with Crippen LogP contribution in [0.25, 0.3) is 0 Å². The van der Waals surface area contributed by atoms with Crippen LogP contribution in [-0.2, 0) is 5.75 Å². The van der Waals surface area contributed by atoms with Gasteiger partial charge in [-0.3, -0.25) is 0 Å². The van der Waals surface area contributed by atoms with E-state index in [2.05, 4.69) is 20.6 Å². The van der Waals surface area contributed by atoms with E-state index >= 15 is 0 Å². The number of thioether (sulfide) groups is 2. The maximum atomic E-state index is 4.40. The van der Waals surface area contributed by atoms with Gasteiger partial charge in [0.2, 0.25) is 0 Å². The molecule has 0 radical (unpaired) electrons. The summed E-state index contributed by atoms with van der Waals surface area (Å²) in [7, 11) is 0. The summed E-state index contributed by atoms with van der Waals surface area (Å²) in [5, 5.41) is 11.4. The van der Waals surface area contributed by atoms with E-state index in [0.29, 0.717) is 0 Å². The highest BCUT2D eigenvalue weighted by atomic mass is 32.2. The van der Waals surface area contributed by atoms with Crippen molar-refractivity contribution in [3.8, 4) is 0 Å². The molecule has 0 unspecified atom stereocenters. The molecule has 0 bridgehead atoms. The van der Waals surface area contributed by atoms with Crippen LogP contribution in [0.5, 0.6) is 0 Å². The van der Waals surface area contributed by atoms with Crippen LogP contribution in [0.3, 0.4) is 0 Å². The normalized spacial score (nSPS) is 10.8. The highest BCUT2D eigenvalue weighted by molar-refractivity contribution is 8.02. The number of aromatic nitrogens is 3. The van der Waals surface area contributed by atoms with Gasteiger partial charge in [0, 0.05) is 11.1 Å². The second-order valence-corrected chi connectivity index (χ2v) is 7.00. The van der Waals surface area contributed by atoms with Gasteiger partial charge >= 0.3 is 0 Å². The van der Waals surface area contributed by atoms with E-state index in [4.69, 9.17) is 0 Å². The van der Waals surface area contributed by atoms with Gasteiger partial charge in [-0.05, 0) is 13.2 Å². The van der Waals surface area contributed by atoms with Gasteiger partial charge in [0.15, 0.2) is 8.68 Å². The minimum atomic E-state index is 0.882. The van der Waals surface area contributed by atoms with Crippen LogP contribution < -0.4 is 0 Å². The molecule has 0 aliphatic rings. The predicted molar refractivity (Wildman–Crippen MR) is 68.1 cm³/mol. The Morgan fingerprint density at radius 1 is 1.33 bits per heavy atom. The topological polar surface area (TPSA) is 38.7 Å². The first-order valence-corrected chi connectivity index (χ1v) is 8.10. The van der Waals surface area contributed by atoms with Crippen LogP contribution in [0.1, 0.15) is 10.7 Å². The van der Waals surface area contributed by atoms with Crippen LogP contribution in [0.2, 0.25) is 0 Å². The van der Waals surface area contributed by atoms with E-state index in [1.54, 1.807) is 46.2 Å². The number of hydrogen-bond acceptors (Lipinski definition) is 7. The maximum absolute atomic E-state index is 4.40. The minimum absolute atomic E-state index is 0.882. The Balaban J connectivity index is 1.93. The number of hydrogen-bond donors (Lipinski definition) is 0. The summed E-state index contributed by atoms with van der Waals surface area (Å²) in [6.07, 6.45) is 2.01. The van der Waals surface area contributed by atoms with E-state index < -0.39 is 0 Å². The van der Waals surface area contributed by atoms with Crippen LogP contribution in [0, 0.1) is 6.92 Å². The first-order valence-electron chi connectivity index (χ1n) is 4.19. The summed E-state index contributed by atoms with van der Waals surface area (Å²) < 4.78 is 2.04. The Hall–Kier alpha value is -0.110. The third-order valence-electron chi connectivity index (χ3n) is 1.57. The molecular formula is C8H9N3S4. The second-order valence-electron chi connectivity index (χ2n) is 2.68. The summed E-state index contributed by atoms with van der Waals surface area (Å²) >= 11 is 6.66. The molecule has 3 nitrogen and oxygen atoms in total. The molecule has 2 heterocycles. The van der Waals surface area contributed by atoms with Crippen molar-refractivity contribution < 1.29 is 0 Å². The van der Waals surface area contributed by atoms with Gasteiger partial charge in [0.25, 0.3) is 0 Å². The molecule has 0 atom stereocenters. The Labute approximate surface area is 105 Å². The van der Waals surface area contributed by atoms with Crippen molar-refractivity contribution in [3.63, 3.8) is 0 Å². The molecule has 0 aliphatic heterocycles. The van der Waals surface area contributed by atoms with E-state index in [1.807, 2.05) is 13.2 Å². The molecule has 0 N–H and O–H groups in total. The van der Waals surface area contributed by atoms with E-state index in [1.165, 1.54) is 0 Å². The molecule has 0 spiro atoms. The Bertz CT molecular complexity index is 437. The summed E-state index contributed by atoms with van der Waals surface area (Å²) in [5.74, 6) is 0.882. The molecule has 2 aromatic heterocycles. The van der Waals surface area contributed by atoms with E-state index in [0.717, 1.165) is 25.1 Å². The zero-order chi connectivity index (χ0) is 10.7. The second kappa shape index (κ2) is 5.29. The molecular weight excluding hydrogens is 266 g/mol. The Morgan fingerprint density at radius 3 is 2.73 bits per heavy atom. The van der Waals surface area contributed by atoms with Gasteiger partial charge in [-0.15, -0.1) is 21.5 Å². The van der Waals surface area contributed by atoms with Crippen molar-refractivity contribution in [1.82, 2.24) is 15.2 Å². The van der Waals surface area contributed by atoms with Crippen LogP contribution in [0.4, 0.5) is 0 Å². The molecule has 0 aromatic carbocycles. The summed E-state index contributed by atoms with van der Waals surface area (Å²) in [5.41, 5.74) is 1.13. The van der Waals surface area contributed by atoms with Crippen molar-refractivity contribution >= 4 is 46.2 Å². The van der Waals surface area contributed by atoms with Gasteiger partial charge in [-0.25, -0.2) is 4.98 Å². The third kappa shape index (κ3) is 3.17. The molecule has 15 heavy (non-hydrogen) atoms. The smallest absolute Gasteiger partial charge is 0.175 e. The SMILES string of the molecule is CSc1nnc(SCc2csc(C)n2)s1. The van der Waals surface area contributed by atoms with Gasteiger partial charge < -0.3 is 0 Å². The monoisotopic (exact) mass is 275 g/mol. The first kappa shape index (κ1) is 11.4. The van der Waals surface area contributed by atoms with Crippen molar-refractivity contribution in [2.45, 2.75) is 21.4 Å². The fourth-order valence-electron chi connectivity index (χ4n) is 0.948. The zero-order valence-electron chi connectivity index (χ0n) is 8.26. The Morgan fingerprint density at radius 2 is 2.13 bits per heavy atom. The molecule has 2 rings (SSSR count). The highest BCUT2D eigenvalue weighted by Gasteiger charge is 2.05. The Kier molecular flexibility index (Phi) is 4.01. The lowest BCUT2D eigenvalue weighted by atomic mass is 10.6. The molecule has 0 aliphatic carbocycles. The highest BCUT2D eigenvalue weighted by Crippen LogP contribution is 2.29. The number of thiazole rings is 1. The van der Waals surface area contributed by atoms with Crippen LogP contribution in [-0.4, -0.2) is 21.4 Å². The average Bonchev–Trinajstić information content (AvgIpc) is 2.83. The van der Waals surface area contributed by atoms with Gasteiger partial charge in [0.05, 0.1) is 10.7 Å². The van der Waals surface area contributed by atoms with Gasteiger partial charge in [-0.1, -0.05) is 34.9 Å². The predicted octanol–water partition coefficient (Wildman–Crippen LogP) is 3.32. The summed E-state index contributed by atoms with van der Waals surface area (Å²) in [4.78, 5) is 4.40. The molecule has 0 fully saturated rings. The fraction of sp³-hybridized carbons (Fsp3) is 0.375. The first-order chi connectivity index (χ1) is 7.28. The number of nitrogens with zero attached hydrogens (tertiary/aromatic N) is 3. The standard InChI is InChI=1S/C8H9N3S4/c1-5-9-6(3-13-5)4-14-8-11-10-7(12-2)15-8/h3H,4H2,1-2H3. The average molecular weight is 275 g/mol. The molecule has 0 amide bonds. The number of aryl methyl sites for hydroxylation is 1. The lowest BCUT2D eigenvalue weighted by Gasteiger charge is -1.91.